The number of nitrogens with one attached hydrogen (secondary N) is 1. The molecule has 0 aromatic carbocycles. The molecule has 0 aromatic rings. The third-order valence-corrected chi connectivity index (χ3v) is 4.06. The first-order valence-corrected chi connectivity index (χ1v) is 6.98. The van der Waals surface area contributed by atoms with Crippen molar-refractivity contribution in [3.05, 3.63) is 0 Å². The fourth-order valence-corrected chi connectivity index (χ4v) is 3.07. The van der Waals surface area contributed by atoms with Gasteiger partial charge in [0.05, 0.1) is 6.54 Å². The summed E-state index contributed by atoms with van der Waals surface area (Å²) >= 11 is 0. The second-order valence-corrected chi connectivity index (χ2v) is 5.40. The molecule has 18 heavy (non-hydrogen) atoms. The van der Waals surface area contributed by atoms with Crippen molar-refractivity contribution in [2.75, 3.05) is 19.6 Å². The maximum Gasteiger partial charge on any atom is 0.237 e. The molecule has 3 N–H and O–H groups in total. The Hall–Kier alpha value is -1.10. The Bertz CT molecular complexity index is 307. The van der Waals surface area contributed by atoms with Gasteiger partial charge in [0.1, 0.15) is 0 Å². The number of carbonyl (C=O) groups excluding carboxylic acids is 2. The zero-order valence-electron chi connectivity index (χ0n) is 10.9. The van der Waals surface area contributed by atoms with E-state index in [2.05, 4.69) is 5.32 Å². The first-order valence-electron chi connectivity index (χ1n) is 6.98. The minimum atomic E-state index is -0.399. The van der Waals surface area contributed by atoms with Crippen LogP contribution in [0.15, 0.2) is 0 Å². The van der Waals surface area contributed by atoms with Gasteiger partial charge in [0.15, 0.2) is 0 Å². The van der Waals surface area contributed by atoms with E-state index in [9.17, 15) is 9.59 Å². The number of carbonyl (C=O) groups is 2. The fraction of sp³-hybridized carbons (Fsp3) is 0.846. The summed E-state index contributed by atoms with van der Waals surface area (Å²) in [4.78, 5) is 25.4. The van der Waals surface area contributed by atoms with Crippen LogP contribution in [0, 0.1) is 5.92 Å². The lowest BCUT2D eigenvalue weighted by atomic mass is 9.95. The average molecular weight is 253 g/mol. The highest BCUT2D eigenvalue weighted by Crippen LogP contribution is 2.26. The highest BCUT2D eigenvalue weighted by atomic mass is 16.2. The lowest BCUT2D eigenvalue weighted by molar-refractivity contribution is -0.141. The lowest BCUT2D eigenvalue weighted by Gasteiger charge is -2.33. The van der Waals surface area contributed by atoms with E-state index < -0.39 is 5.91 Å². The number of primary amides is 1. The summed E-state index contributed by atoms with van der Waals surface area (Å²) in [6.07, 6.45) is 6.09. The van der Waals surface area contributed by atoms with Crippen LogP contribution in [0.5, 0.6) is 0 Å². The molecule has 5 nitrogen and oxygen atoms in total. The van der Waals surface area contributed by atoms with Crippen LogP contribution in [0.25, 0.3) is 0 Å². The van der Waals surface area contributed by atoms with Crippen LogP contribution in [0.1, 0.15) is 38.5 Å². The molecule has 1 aliphatic heterocycles. The van der Waals surface area contributed by atoms with Crippen molar-refractivity contribution in [2.24, 2.45) is 11.7 Å². The molecule has 0 bridgehead atoms. The Morgan fingerprint density at radius 2 is 1.72 bits per heavy atom. The Balaban J connectivity index is 2.01. The molecule has 1 aliphatic carbocycles. The predicted octanol–water partition coefficient (Wildman–Crippen LogP) is 0.242. The fourth-order valence-electron chi connectivity index (χ4n) is 3.07. The van der Waals surface area contributed by atoms with Gasteiger partial charge in [-0.05, 0) is 38.8 Å². The van der Waals surface area contributed by atoms with Crippen LogP contribution in [0.4, 0.5) is 0 Å². The summed E-state index contributed by atoms with van der Waals surface area (Å²) in [6.45, 7) is 1.88. The van der Waals surface area contributed by atoms with Gasteiger partial charge in [-0.25, -0.2) is 0 Å². The molecule has 102 valence electrons. The second kappa shape index (κ2) is 6.18. The van der Waals surface area contributed by atoms with E-state index in [4.69, 9.17) is 5.73 Å². The van der Waals surface area contributed by atoms with E-state index in [0.29, 0.717) is 0 Å². The maximum absolute atomic E-state index is 12.5. The molecule has 2 amide bonds. The van der Waals surface area contributed by atoms with Crippen molar-refractivity contribution in [1.29, 1.82) is 0 Å². The van der Waals surface area contributed by atoms with Crippen LogP contribution in [0.3, 0.4) is 0 Å². The lowest BCUT2D eigenvalue weighted by Crippen LogP contribution is -2.48. The van der Waals surface area contributed by atoms with Crippen molar-refractivity contribution >= 4 is 11.8 Å². The summed E-state index contributed by atoms with van der Waals surface area (Å²) in [5.41, 5.74) is 5.28. The van der Waals surface area contributed by atoms with Gasteiger partial charge in [0.25, 0.3) is 0 Å². The quantitative estimate of drug-likeness (QED) is 0.753. The number of amides is 2. The molecule has 2 fully saturated rings. The van der Waals surface area contributed by atoms with E-state index in [-0.39, 0.29) is 24.4 Å². The maximum atomic E-state index is 12.5. The van der Waals surface area contributed by atoms with Crippen LogP contribution in [-0.2, 0) is 9.59 Å². The van der Waals surface area contributed by atoms with E-state index in [1.54, 1.807) is 4.90 Å². The highest BCUT2D eigenvalue weighted by molar-refractivity contribution is 5.85. The smallest absolute Gasteiger partial charge is 0.237 e. The van der Waals surface area contributed by atoms with Gasteiger partial charge in [0.2, 0.25) is 11.8 Å². The molecule has 0 aromatic heterocycles. The van der Waals surface area contributed by atoms with Gasteiger partial charge in [-0.3, -0.25) is 9.59 Å². The van der Waals surface area contributed by atoms with Gasteiger partial charge in [-0.15, -0.1) is 0 Å². The second-order valence-electron chi connectivity index (χ2n) is 5.40. The third kappa shape index (κ3) is 3.22. The van der Waals surface area contributed by atoms with Gasteiger partial charge in [0, 0.05) is 12.0 Å². The van der Waals surface area contributed by atoms with E-state index in [1.165, 1.54) is 0 Å². The van der Waals surface area contributed by atoms with Crippen LogP contribution in [0.2, 0.25) is 0 Å². The molecule has 2 rings (SSSR count). The minimum Gasteiger partial charge on any atom is -0.368 e. The van der Waals surface area contributed by atoms with E-state index in [0.717, 1.165) is 51.6 Å². The average Bonchev–Trinajstić information content (AvgIpc) is 2.89. The molecule has 0 unspecified atom stereocenters. The normalized spacial score (nSPS) is 22.0. The van der Waals surface area contributed by atoms with Crippen molar-refractivity contribution < 1.29 is 9.59 Å². The standard InChI is InChI=1S/C13H23N3O2/c14-12(17)9-16(11-3-1-2-4-11)13(18)10-5-7-15-8-6-10/h10-11,15H,1-9H2,(H2,14,17). The van der Waals surface area contributed by atoms with Gasteiger partial charge in [-0.1, -0.05) is 12.8 Å². The molecule has 1 heterocycles. The Morgan fingerprint density at radius 1 is 1.11 bits per heavy atom. The SMILES string of the molecule is NC(=O)CN(C(=O)C1CCNCC1)C1CCCC1. The van der Waals surface area contributed by atoms with E-state index >= 15 is 0 Å². The van der Waals surface area contributed by atoms with Gasteiger partial charge in [-0.2, -0.15) is 0 Å². The third-order valence-electron chi connectivity index (χ3n) is 4.06. The number of hydrogen-bond acceptors (Lipinski definition) is 3. The molecule has 2 aliphatic rings. The minimum absolute atomic E-state index is 0.0752. The number of nitrogens with two attached hydrogens (primary N) is 1. The Labute approximate surface area is 108 Å². The molecule has 5 heteroatoms. The number of nitrogens with zero attached hydrogens (tertiary/aromatic N) is 1. The molecular weight excluding hydrogens is 230 g/mol. The monoisotopic (exact) mass is 253 g/mol. The summed E-state index contributed by atoms with van der Waals surface area (Å²) in [7, 11) is 0. The van der Waals surface area contributed by atoms with Crippen LogP contribution in [-0.4, -0.2) is 42.4 Å². The zero-order valence-corrected chi connectivity index (χ0v) is 10.9. The van der Waals surface area contributed by atoms with Crippen LogP contribution >= 0.6 is 0 Å². The predicted molar refractivity (Wildman–Crippen MR) is 68.8 cm³/mol. The summed E-state index contributed by atoms with van der Waals surface area (Å²) in [6, 6.07) is 0.236. The Kier molecular flexibility index (Phi) is 4.58. The number of rotatable bonds is 4. The van der Waals surface area contributed by atoms with Crippen molar-refractivity contribution in [3.8, 4) is 0 Å². The van der Waals surface area contributed by atoms with E-state index in [1.807, 2.05) is 0 Å². The molecule has 1 saturated carbocycles. The largest absolute Gasteiger partial charge is 0.368 e. The van der Waals surface area contributed by atoms with Crippen molar-refractivity contribution in [3.63, 3.8) is 0 Å². The van der Waals surface area contributed by atoms with Gasteiger partial charge < -0.3 is 16.0 Å². The molecule has 1 saturated heterocycles. The molecule has 0 radical (unpaired) electrons. The number of hydrogen-bond donors (Lipinski definition) is 2. The summed E-state index contributed by atoms with van der Waals surface area (Å²) < 4.78 is 0. The zero-order chi connectivity index (χ0) is 13.0. The van der Waals surface area contributed by atoms with Crippen molar-refractivity contribution in [2.45, 2.75) is 44.6 Å². The van der Waals surface area contributed by atoms with Gasteiger partial charge >= 0.3 is 0 Å². The Morgan fingerprint density at radius 3 is 2.28 bits per heavy atom. The summed E-state index contributed by atoms with van der Waals surface area (Å²) in [5, 5.41) is 3.26. The topological polar surface area (TPSA) is 75.4 Å². The van der Waals surface area contributed by atoms with Crippen LogP contribution < -0.4 is 11.1 Å². The molecule has 0 atom stereocenters. The highest BCUT2D eigenvalue weighted by Gasteiger charge is 2.32. The molecule has 0 spiro atoms. The van der Waals surface area contributed by atoms with Crippen molar-refractivity contribution in [1.82, 2.24) is 10.2 Å². The summed E-state index contributed by atoms with van der Waals surface area (Å²) in [5.74, 6) is -0.183. The first kappa shape index (κ1) is 13.3. The number of piperidine rings is 1. The first-order chi connectivity index (χ1) is 8.68. The molecular formula is C13H23N3O2.